The molecule has 0 bridgehead atoms. The largest absolute Gasteiger partial charge is 0.355 e. The molecule has 3 unspecified atom stereocenters. The molecular weight excluding hydrogens is 224 g/mol. The van der Waals surface area contributed by atoms with E-state index in [1.165, 1.54) is 19.3 Å². The van der Waals surface area contributed by atoms with Crippen molar-refractivity contribution in [1.82, 2.24) is 10.6 Å². The van der Waals surface area contributed by atoms with Crippen LogP contribution in [0.3, 0.4) is 0 Å². The van der Waals surface area contributed by atoms with Crippen molar-refractivity contribution in [3.8, 4) is 0 Å². The van der Waals surface area contributed by atoms with Gasteiger partial charge >= 0.3 is 0 Å². The molecule has 0 radical (unpaired) electrons. The second-order valence-corrected chi connectivity index (χ2v) is 6.15. The smallest absolute Gasteiger partial charge is 0.236 e. The number of nitrogens with one attached hydrogen (secondary N) is 2. The number of carbonyl (C=O) groups excluding carboxylic acids is 1. The lowest BCUT2D eigenvalue weighted by molar-refractivity contribution is -0.123. The van der Waals surface area contributed by atoms with Gasteiger partial charge in [-0.1, -0.05) is 27.2 Å². The van der Waals surface area contributed by atoms with E-state index in [2.05, 4.69) is 31.4 Å². The van der Waals surface area contributed by atoms with Crippen LogP contribution in [-0.2, 0) is 4.79 Å². The van der Waals surface area contributed by atoms with E-state index < -0.39 is 0 Å². The lowest BCUT2D eigenvalue weighted by Crippen LogP contribution is -2.48. The zero-order chi connectivity index (χ0) is 13.5. The summed E-state index contributed by atoms with van der Waals surface area (Å²) < 4.78 is 0. The van der Waals surface area contributed by atoms with Gasteiger partial charge in [0.25, 0.3) is 0 Å². The lowest BCUT2D eigenvalue weighted by atomic mass is 9.80. The summed E-state index contributed by atoms with van der Waals surface area (Å²) in [5.41, 5.74) is 0. The number of amides is 1. The highest BCUT2D eigenvalue weighted by molar-refractivity contribution is 5.81. The van der Waals surface area contributed by atoms with Crippen LogP contribution in [0, 0.1) is 11.8 Å². The Kier molecular flexibility index (Phi) is 6.69. The van der Waals surface area contributed by atoms with Crippen LogP contribution in [0.2, 0.25) is 0 Å². The van der Waals surface area contributed by atoms with Gasteiger partial charge in [-0.25, -0.2) is 0 Å². The molecule has 1 amide bonds. The molecule has 3 nitrogen and oxygen atoms in total. The summed E-state index contributed by atoms with van der Waals surface area (Å²) >= 11 is 0. The van der Waals surface area contributed by atoms with Crippen molar-refractivity contribution in [2.24, 2.45) is 11.8 Å². The van der Waals surface area contributed by atoms with Gasteiger partial charge in [0.15, 0.2) is 0 Å². The minimum atomic E-state index is -0.0654. The van der Waals surface area contributed by atoms with Crippen molar-refractivity contribution in [2.45, 2.75) is 71.9 Å². The van der Waals surface area contributed by atoms with Crippen LogP contribution in [0.5, 0.6) is 0 Å². The van der Waals surface area contributed by atoms with Crippen LogP contribution in [0.15, 0.2) is 0 Å². The minimum absolute atomic E-state index is 0.0654. The predicted octanol–water partition coefficient (Wildman–Crippen LogP) is 2.71. The summed E-state index contributed by atoms with van der Waals surface area (Å²) in [5, 5.41) is 6.49. The van der Waals surface area contributed by atoms with Crippen molar-refractivity contribution in [2.75, 3.05) is 6.54 Å². The number of carbonyl (C=O) groups is 1. The topological polar surface area (TPSA) is 41.1 Å². The molecule has 0 aromatic heterocycles. The standard InChI is InChI=1S/C15H30N2O/c1-5-6-7-16-15(18)13(4)17-14-9-11(2)8-12(3)10-14/h11-14,17H,5-10H2,1-4H3,(H,16,18). The van der Waals surface area contributed by atoms with Gasteiger partial charge in [0.1, 0.15) is 0 Å². The number of unbranched alkanes of at least 4 members (excludes halogenated alkanes) is 1. The third-order valence-electron chi connectivity index (χ3n) is 3.89. The Hall–Kier alpha value is -0.570. The highest BCUT2D eigenvalue weighted by Gasteiger charge is 2.26. The Morgan fingerprint density at radius 2 is 1.83 bits per heavy atom. The molecule has 1 rings (SSSR count). The first-order chi connectivity index (χ1) is 8.52. The van der Waals surface area contributed by atoms with E-state index >= 15 is 0 Å². The normalized spacial score (nSPS) is 29.9. The van der Waals surface area contributed by atoms with E-state index in [1.807, 2.05) is 6.92 Å². The summed E-state index contributed by atoms with van der Waals surface area (Å²) in [7, 11) is 0. The van der Waals surface area contributed by atoms with E-state index in [0.29, 0.717) is 6.04 Å². The fourth-order valence-corrected chi connectivity index (χ4v) is 3.05. The molecule has 0 aromatic rings. The van der Waals surface area contributed by atoms with E-state index in [-0.39, 0.29) is 11.9 Å². The highest BCUT2D eigenvalue weighted by Crippen LogP contribution is 2.28. The number of hydrogen-bond acceptors (Lipinski definition) is 2. The zero-order valence-electron chi connectivity index (χ0n) is 12.5. The average Bonchev–Trinajstić information content (AvgIpc) is 2.27. The predicted molar refractivity (Wildman–Crippen MR) is 76.5 cm³/mol. The third kappa shape index (κ3) is 5.38. The lowest BCUT2D eigenvalue weighted by Gasteiger charge is -2.33. The monoisotopic (exact) mass is 254 g/mol. The van der Waals surface area contributed by atoms with Crippen molar-refractivity contribution < 1.29 is 4.79 Å². The second kappa shape index (κ2) is 7.78. The fraction of sp³-hybridized carbons (Fsp3) is 0.933. The minimum Gasteiger partial charge on any atom is -0.355 e. The van der Waals surface area contributed by atoms with Gasteiger partial charge in [-0.3, -0.25) is 4.79 Å². The molecule has 3 atom stereocenters. The molecule has 2 N–H and O–H groups in total. The van der Waals surface area contributed by atoms with Gasteiger partial charge in [-0.2, -0.15) is 0 Å². The Labute approximate surface area is 112 Å². The summed E-state index contributed by atoms with van der Waals surface area (Å²) in [6.45, 7) is 9.55. The Morgan fingerprint density at radius 1 is 1.22 bits per heavy atom. The van der Waals surface area contributed by atoms with Crippen molar-refractivity contribution in [3.63, 3.8) is 0 Å². The maximum Gasteiger partial charge on any atom is 0.236 e. The molecule has 106 valence electrons. The van der Waals surface area contributed by atoms with E-state index in [1.54, 1.807) is 0 Å². The van der Waals surface area contributed by atoms with E-state index in [9.17, 15) is 4.79 Å². The molecule has 1 aliphatic carbocycles. The second-order valence-electron chi connectivity index (χ2n) is 6.15. The van der Waals surface area contributed by atoms with Crippen molar-refractivity contribution >= 4 is 5.91 Å². The van der Waals surface area contributed by atoms with Gasteiger partial charge in [0, 0.05) is 12.6 Å². The summed E-state index contributed by atoms with van der Waals surface area (Å²) in [6, 6.07) is 0.444. The van der Waals surface area contributed by atoms with E-state index in [0.717, 1.165) is 31.2 Å². The maximum absolute atomic E-state index is 11.9. The Balaban J connectivity index is 2.29. The highest BCUT2D eigenvalue weighted by atomic mass is 16.2. The van der Waals surface area contributed by atoms with Gasteiger partial charge in [0.2, 0.25) is 5.91 Å². The fourth-order valence-electron chi connectivity index (χ4n) is 3.05. The van der Waals surface area contributed by atoms with Crippen molar-refractivity contribution in [3.05, 3.63) is 0 Å². The van der Waals surface area contributed by atoms with Gasteiger partial charge in [-0.15, -0.1) is 0 Å². The van der Waals surface area contributed by atoms with Crippen LogP contribution in [-0.4, -0.2) is 24.5 Å². The first-order valence-electron chi connectivity index (χ1n) is 7.56. The molecule has 0 heterocycles. The molecule has 0 spiro atoms. The molecule has 0 saturated heterocycles. The molecule has 1 fully saturated rings. The first-order valence-corrected chi connectivity index (χ1v) is 7.56. The SMILES string of the molecule is CCCCNC(=O)C(C)NC1CC(C)CC(C)C1. The molecule has 1 aliphatic rings. The Morgan fingerprint density at radius 3 is 2.39 bits per heavy atom. The zero-order valence-corrected chi connectivity index (χ0v) is 12.5. The Bertz CT molecular complexity index is 245. The molecule has 1 saturated carbocycles. The average molecular weight is 254 g/mol. The van der Waals surface area contributed by atoms with Crippen molar-refractivity contribution in [1.29, 1.82) is 0 Å². The molecule has 0 aliphatic heterocycles. The first kappa shape index (κ1) is 15.5. The maximum atomic E-state index is 11.9. The quantitative estimate of drug-likeness (QED) is 0.716. The van der Waals surface area contributed by atoms with Gasteiger partial charge in [-0.05, 0) is 44.4 Å². The third-order valence-corrected chi connectivity index (χ3v) is 3.89. The summed E-state index contributed by atoms with van der Waals surface area (Å²) in [5.74, 6) is 1.71. The van der Waals surface area contributed by atoms with Crippen LogP contribution in [0.1, 0.15) is 59.8 Å². The molecule has 3 heteroatoms. The summed E-state index contributed by atoms with van der Waals surface area (Å²) in [4.78, 5) is 11.9. The van der Waals surface area contributed by atoms with Crippen LogP contribution in [0.25, 0.3) is 0 Å². The van der Waals surface area contributed by atoms with Crippen LogP contribution < -0.4 is 10.6 Å². The van der Waals surface area contributed by atoms with Gasteiger partial charge in [0.05, 0.1) is 6.04 Å². The van der Waals surface area contributed by atoms with Gasteiger partial charge < -0.3 is 10.6 Å². The summed E-state index contributed by atoms with van der Waals surface area (Å²) in [6.07, 6.45) is 5.93. The van der Waals surface area contributed by atoms with Crippen LogP contribution in [0.4, 0.5) is 0 Å². The number of rotatable bonds is 6. The van der Waals surface area contributed by atoms with E-state index in [4.69, 9.17) is 0 Å². The van der Waals surface area contributed by atoms with Crippen LogP contribution >= 0.6 is 0 Å². The molecule has 18 heavy (non-hydrogen) atoms. The number of hydrogen-bond donors (Lipinski definition) is 2. The molecule has 0 aromatic carbocycles. The molecular formula is C15H30N2O.